The zero-order chi connectivity index (χ0) is 11.4. The SMILES string of the molecule is Cc1cc(C)c(C)c(OC[C@@H](O)CN)c1. The number of aryl methyl sites for hydroxylation is 2. The van der Waals surface area contributed by atoms with Gasteiger partial charge >= 0.3 is 0 Å². The molecule has 0 aliphatic rings. The molecule has 0 saturated carbocycles. The highest BCUT2D eigenvalue weighted by Gasteiger charge is 2.06. The Labute approximate surface area is 90.9 Å². The first kappa shape index (κ1) is 12.0. The molecule has 0 amide bonds. The Bertz CT molecular complexity index is 337. The lowest BCUT2D eigenvalue weighted by molar-refractivity contribution is 0.113. The van der Waals surface area contributed by atoms with E-state index >= 15 is 0 Å². The summed E-state index contributed by atoms with van der Waals surface area (Å²) in [5, 5.41) is 9.30. The Morgan fingerprint density at radius 3 is 2.60 bits per heavy atom. The first-order chi connectivity index (χ1) is 7.04. The Kier molecular flexibility index (Phi) is 4.12. The molecule has 1 aromatic carbocycles. The van der Waals surface area contributed by atoms with E-state index in [1.807, 2.05) is 19.9 Å². The molecule has 1 atom stereocenters. The van der Waals surface area contributed by atoms with Crippen LogP contribution in [0.2, 0.25) is 0 Å². The van der Waals surface area contributed by atoms with Crippen molar-refractivity contribution >= 4 is 0 Å². The third kappa shape index (κ3) is 3.22. The van der Waals surface area contributed by atoms with Gasteiger partial charge in [-0.1, -0.05) is 6.07 Å². The summed E-state index contributed by atoms with van der Waals surface area (Å²) in [6.45, 7) is 6.57. The number of hydrogen-bond acceptors (Lipinski definition) is 3. The molecule has 0 heterocycles. The van der Waals surface area contributed by atoms with E-state index in [1.165, 1.54) is 5.56 Å². The Morgan fingerprint density at radius 2 is 2.00 bits per heavy atom. The molecule has 0 radical (unpaired) electrons. The van der Waals surface area contributed by atoms with Crippen LogP contribution < -0.4 is 10.5 Å². The van der Waals surface area contributed by atoms with Crippen LogP contribution in [0.25, 0.3) is 0 Å². The molecule has 1 rings (SSSR count). The summed E-state index contributed by atoms with van der Waals surface area (Å²) in [6.07, 6.45) is -0.592. The highest BCUT2D eigenvalue weighted by atomic mass is 16.5. The number of aliphatic hydroxyl groups is 1. The number of rotatable bonds is 4. The van der Waals surface area contributed by atoms with Gasteiger partial charge in [0.1, 0.15) is 18.5 Å². The maximum absolute atomic E-state index is 9.30. The number of benzene rings is 1. The molecule has 3 nitrogen and oxygen atoms in total. The van der Waals surface area contributed by atoms with Gasteiger partial charge in [-0.2, -0.15) is 0 Å². The monoisotopic (exact) mass is 209 g/mol. The molecule has 0 aromatic heterocycles. The van der Waals surface area contributed by atoms with Gasteiger partial charge in [-0.05, 0) is 43.5 Å². The predicted octanol–water partition coefficient (Wildman–Crippen LogP) is 1.31. The van der Waals surface area contributed by atoms with Gasteiger partial charge in [0.2, 0.25) is 0 Å². The van der Waals surface area contributed by atoms with Gasteiger partial charge in [-0.15, -0.1) is 0 Å². The Morgan fingerprint density at radius 1 is 1.33 bits per heavy atom. The number of nitrogens with two attached hydrogens (primary N) is 1. The van der Waals surface area contributed by atoms with Crippen molar-refractivity contribution in [1.29, 1.82) is 0 Å². The average Bonchev–Trinajstić information content (AvgIpc) is 2.20. The molecular weight excluding hydrogens is 190 g/mol. The van der Waals surface area contributed by atoms with Crippen molar-refractivity contribution in [3.05, 3.63) is 28.8 Å². The van der Waals surface area contributed by atoms with Gasteiger partial charge in [0.25, 0.3) is 0 Å². The first-order valence-electron chi connectivity index (χ1n) is 5.13. The van der Waals surface area contributed by atoms with Gasteiger partial charge < -0.3 is 15.6 Å². The summed E-state index contributed by atoms with van der Waals surface area (Å²) in [5.41, 5.74) is 8.78. The summed E-state index contributed by atoms with van der Waals surface area (Å²) in [5.74, 6) is 0.833. The van der Waals surface area contributed by atoms with E-state index in [-0.39, 0.29) is 13.2 Å². The van der Waals surface area contributed by atoms with Crippen molar-refractivity contribution in [1.82, 2.24) is 0 Å². The van der Waals surface area contributed by atoms with E-state index in [0.29, 0.717) is 0 Å². The van der Waals surface area contributed by atoms with Gasteiger partial charge in [0, 0.05) is 6.54 Å². The largest absolute Gasteiger partial charge is 0.491 e. The molecule has 84 valence electrons. The van der Waals surface area contributed by atoms with Gasteiger partial charge in [0.05, 0.1) is 0 Å². The normalized spacial score (nSPS) is 12.6. The molecule has 0 aliphatic heterocycles. The molecule has 3 N–H and O–H groups in total. The van der Waals surface area contributed by atoms with Crippen LogP contribution in [0.1, 0.15) is 16.7 Å². The predicted molar refractivity (Wildman–Crippen MR) is 61.2 cm³/mol. The fourth-order valence-electron chi connectivity index (χ4n) is 1.40. The van der Waals surface area contributed by atoms with Crippen molar-refractivity contribution in [2.75, 3.05) is 13.2 Å². The second-order valence-corrected chi connectivity index (χ2v) is 3.91. The van der Waals surface area contributed by atoms with Crippen molar-refractivity contribution in [3.8, 4) is 5.75 Å². The third-order valence-electron chi connectivity index (χ3n) is 2.47. The topological polar surface area (TPSA) is 55.5 Å². The van der Waals surface area contributed by atoms with E-state index < -0.39 is 6.10 Å². The van der Waals surface area contributed by atoms with Crippen molar-refractivity contribution in [3.63, 3.8) is 0 Å². The molecule has 0 fully saturated rings. The minimum Gasteiger partial charge on any atom is -0.491 e. The van der Waals surface area contributed by atoms with Crippen LogP contribution in [0.4, 0.5) is 0 Å². The second-order valence-electron chi connectivity index (χ2n) is 3.91. The molecule has 0 saturated heterocycles. The zero-order valence-electron chi connectivity index (χ0n) is 9.58. The van der Waals surface area contributed by atoms with Crippen LogP contribution in [-0.4, -0.2) is 24.4 Å². The minimum absolute atomic E-state index is 0.226. The molecule has 0 spiro atoms. The van der Waals surface area contributed by atoms with Crippen LogP contribution in [0.15, 0.2) is 12.1 Å². The van der Waals surface area contributed by atoms with Crippen molar-refractivity contribution < 1.29 is 9.84 Å². The van der Waals surface area contributed by atoms with E-state index in [1.54, 1.807) is 0 Å². The van der Waals surface area contributed by atoms with Gasteiger partial charge in [0.15, 0.2) is 0 Å². The highest BCUT2D eigenvalue weighted by molar-refractivity contribution is 5.41. The van der Waals surface area contributed by atoms with Crippen LogP contribution in [0.3, 0.4) is 0 Å². The maximum Gasteiger partial charge on any atom is 0.122 e. The molecule has 0 bridgehead atoms. The quantitative estimate of drug-likeness (QED) is 0.786. The molecule has 1 aromatic rings. The molecule has 3 heteroatoms. The van der Waals surface area contributed by atoms with E-state index in [2.05, 4.69) is 13.0 Å². The summed E-state index contributed by atoms with van der Waals surface area (Å²) in [4.78, 5) is 0. The summed E-state index contributed by atoms with van der Waals surface area (Å²) < 4.78 is 5.52. The second kappa shape index (κ2) is 5.14. The molecular formula is C12H19NO2. The highest BCUT2D eigenvalue weighted by Crippen LogP contribution is 2.23. The first-order valence-corrected chi connectivity index (χ1v) is 5.13. The number of aliphatic hydroxyl groups excluding tert-OH is 1. The van der Waals surface area contributed by atoms with Crippen LogP contribution in [-0.2, 0) is 0 Å². The lowest BCUT2D eigenvalue weighted by Gasteiger charge is -2.14. The molecule has 0 unspecified atom stereocenters. The van der Waals surface area contributed by atoms with Crippen molar-refractivity contribution in [2.45, 2.75) is 26.9 Å². The zero-order valence-corrected chi connectivity index (χ0v) is 9.58. The lowest BCUT2D eigenvalue weighted by Crippen LogP contribution is -2.26. The smallest absolute Gasteiger partial charge is 0.122 e. The summed E-state index contributed by atoms with van der Waals surface area (Å²) in [7, 11) is 0. The molecule has 15 heavy (non-hydrogen) atoms. The lowest BCUT2D eigenvalue weighted by atomic mass is 10.1. The third-order valence-corrected chi connectivity index (χ3v) is 2.47. The van der Waals surface area contributed by atoms with Crippen molar-refractivity contribution in [2.24, 2.45) is 5.73 Å². The fourth-order valence-corrected chi connectivity index (χ4v) is 1.40. The van der Waals surface area contributed by atoms with Gasteiger partial charge in [-0.3, -0.25) is 0 Å². The standard InChI is InChI=1S/C12H19NO2/c1-8-4-9(2)10(3)12(5-8)15-7-11(14)6-13/h4-5,11,14H,6-7,13H2,1-3H3/t11-/m0/s1. The van der Waals surface area contributed by atoms with Gasteiger partial charge in [-0.25, -0.2) is 0 Å². The summed E-state index contributed by atoms with van der Waals surface area (Å²) in [6, 6.07) is 4.09. The van der Waals surface area contributed by atoms with Crippen LogP contribution in [0, 0.1) is 20.8 Å². The number of ether oxygens (including phenoxy) is 1. The van der Waals surface area contributed by atoms with E-state index in [9.17, 15) is 5.11 Å². The Balaban J connectivity index is 2.76. The van der Waals surface area contributed by atoms with E-state index in [0.717, 1.165) is 16.9 Å². The minimum atomic E-state index is -0.592. The van der Waals surface area contributed by atoms with Crippen LogP contribution in [0.5, 0.6) is 5.75 Å². The maximum atomic E-state index is 9.30. The number of hydrogen-bond donors (Lipinski definition) is 2. The molecule has 0 aliphatic carbocycles. The fraction of sp³-hybridized carbons (Fsp3) is 0.500. The Hall–Kier alpha value is -1.06. The van der Waals surface area contributed by atoms with Crippen LogP contribution >= 0.6 is 0 Å². The average molecular weight is 209 g/mol. The van der Waals surface area contributed by atoms with E-state index in [4.69, 9.17) is 10.5 Å². The summed E-state index contributed by atoms with van der Waals surface area (Å²) >= 11 is 0.